The second-order valence-electron chi connectivity index (χ2n) is 36.8. The SMILES string of the molecule is COc1nc(Nc2cc(-c3ccc(OC4CCN(C(=O)[C@@H](C)O)CC4(F)F)c(C#N)c3)ncn2)ccc1N1CCN(C2COC2)C[C@@H]1C.COc1nc(Nc2cc(-c3ccc(O[C@@H]4CCN(C(=O)[C@@H](C)O)CC4(F)F)c(C#N)c3)ncn2)ccc1N1CCN(C2COC2)C[C@@H]1C.COc1nc(Nc2cc(-c3ccc(O[C@H]4CCN(C(=O)[C@@H](C)O)CC4(F)F)c(C#N)c3)ncn2)ccc1N1CCN(C2COC2)C[C@@H]1C. The molecule has 3 aromatic carbocycles. The number of carbonyl (C=O) groups is 3. The number of carbonyl (C=O) groups excluding carboxylic acids is 3. The molecule has 0 saturated carbocycles. The number of aromatic nitrogens is 9. The summed E-state index contributed by atoms with van der Waals surface area (Å²) in [5, 5.41) is 67.6. The van der Waals surface area contributed by atoms with Gasteiger partial charge in [0.1, 0.15) is 125 Å². The van der Waals surface area contributed by atoms with Gasteiger partial charge in [-0.1, -0.05) is 0 Å². The Hall–Kier alpha value is -14.0. The monoisotopic (exact) mass is 1990 g/mol. The molecule has 9 saturated heterocycles. The van der Waals surface area contributed by atoms with Gasteiger partial charge in [0.15, 0.2) is 18.3 Å². The Labute approximate surface area is 827 Å². The van der Waals surface area contributed by atoms with Crippen LogP contribution in [0, 0.1) is 34.0 Å². The summed E-state index contributed by atoms with van der Waals surface area (Å²) >= 11 is 0. The van der Waals surface area contributed by atoms with Crippen molar-refractivity contribution in [2.75, 3.05) is 190 Å². The average Bonchev–Trinajstić information content (AvgIpc) is 0.811. The fourth-order valence-electron chi connectivity index (χ4n) is 18.7. The number of anilines is 9. The number of nitrogens with one attached hydrogen (secondary N) is 3. The van der Waals surface area contributed by atoms with Crippen molar-refractivity contribution in [3.05, 3.63) is 145 Å². The highest BCUT2D eigenvalue weighted by atomic mass is 19.3. The van der Waals surface area contributed by atoms with Crippen LogP contribution in [-0.4, -0.2) is 357 Å². The summed E-state index contributed by atoms with van der Waals surface area (Å²) in [5.41, 5.74) is 5.99. The van der Waals surface area contributed by atoms with Crippen molar-refractivity contribution in [3.8, 4) is 86.9 Å². The van der Waals surface area contributed by atoms with Gasteiger partial charge in [0.25, 0.3) is 17.7 Å². The van der Waals surface area contributed by atoms with Crippen molar-refractivity contribution in [1.29, 1.82) is 15.8 Å². The maximum Gasteiger partial charge on any atom is 0.301 e. The predicted molar refractivity (Wildman–Crippen MR) is 514 cm³/mol. The predicted octanol–water partition coefficient (Wildman–Crippen LogP) is 9.20. The van der Waals surface area contributed by atoms with Crippen LogP contribution >= 0.6 is 0 Å². The van der Waals surface area contributed by atoms with Crippen molar-refractivity contribution in [2.24, 2.45) is 0 Å². The number of alkyl halides is 6. The van der Waals surface area contributed by atoms with Gasteiger partial charge in [0, 0.05) is 151 Å². The van der Waals surface area contributed by atoms with E-state index in [0.29, 0.717) is 104 Å². The summed E-state index contributed by atoms with van der Waals surface area (Å²) in [6.45, 7) is 20.5. The lowest BCUT2D eigenvalue weighted by atomic mass is 10.0. The van der Waals surface area contributed by atoms with Crippen LogP contribution in [0.4, 0.5) is 78.3 Å². The number of likely N-dealkylation sites (tertiary alicyclic amines) is 3. The zero-order valence-corrected chi connectivity index (χ0v) is 80.9. The molecule has 0 aliphatic carbocycles. The van der Waals surface area contributed by atoms with Crippen molar-refractivity contribution < 1.29 is 98.7 Å². The van der Waals surface area contributed by atoms with E-state index in [4.69, 9.17) is 42.6 Å². The number of ether oxygens (including phenoxy) is 9. The van der Waals surface area contributed by atoms with E-state index in [1.165, 1.54) is 76.2 Å². The normalized spacial score (nSPS) is 21.9. The number of hydrogen-bond acceptors (Lipinski definition) is 36. The van der Waals surface area contributed by atoms with E-state index in [1.807, 2.05) is 54.6 Å². The highest BCUT2D eigenvalue weighted by Gasteiger charge is 2.52. The summed E-state index contributed by atoms with van der Waals surface area (Å²) in [7, 11) is 4.77. The lowest BCUT2D eigenvalue weighted by molar-refractivity contribution is -0.165. The smallest absolute Gasteiger partial charge is 0.301 e. The standard InChI is InChI=1S/3C33H38F2N8O5/c3*1-20-15-41(24-16-47-17-24)10-11-43(20)26-5-7-29(40-31(26)46-3)39-30-13-25(37-19-38-30)22-4-6-27(23(12-22)14-36)48-28-8-9-42(18-33(28,34)35)32(45)21(2)44/h3*4-7,12-13,19-21,24,28,44H,8-11,15-18H2,1-3H3,(H,37,38,39,40)/t20-,21+,28?;20-,21+,28+;20-,21+,28-/m000/s1. The first kappa shape index (κ1) is 103. The van der Waals surface area contributed by atoms with Gasteiger partial charge in [-0.2, -0.15) is 30.7 Å². The van der Waals surface area contributed by atoms with Crippen molar-refractivity contribution in [1.82, 2.24) is 74.3 Å². The minimum Gasteiger partial charge on any atom is -0.483 e. The fraction of sp³-hybridized carbons (Fsp3) is 0.485. The van der Waals surface area contributed by atoms with Gasteiger partial charge in [-0.3, -0.25) is 29.1 Å². The largest absolute Gasteiger partial charge is 0.483 e. The molecule has 0 bridgehead atoms. The lowest BCUT2D eigenvalue weighted by Gasteiger charge is -2.46. The molecule has 9 atom stereocenters. The van der Waals surface area contributed by atoms with Crippen molar-refractivity contribution in [3.63, 3.8) is 0 Å². The van der Waals surface area contributed by atoms with Gasteiger partial charge >= 0.3 is 17.8 Å². The number of hydrogen-bond donors (Lipinski definition) is 6. The van der Waals surface area contributed by atoms with Gasteiger partial charge in [0.05, 0.1) is 133 Å². The number of aliphatic hydroxyl groups excluding tert-OH is 3. The molecular weight excluding hydrogens is 1880 g/mol. The Balaban J connectivity index is 0.000000155. The van der Waals surface area contributed by atoms with E-state index >= 15 is 0 Å². The van der Waals surface area contributed by atoms with Gasteiger partial charge in [-0.25, -0.2) is 56.2 Å². The van der Waals surface area contributed by atoms with E-state index < -0.39 is 91.7 Å². The highest BCUT2D eigenvalue weighted by molar-refractivity contribution is 5.82. The van der Waals surface area contributed by atoms with Crippen LogP contribution in [0.25, 0.3) is 33.8 Å². The average molecular weight is 1990 g/mol. The van der Waals surface area contributed by atoms with Gasteiger partial charge in [0.2, 0.25) is 17.6 Å². The first-order valence-corrected chi connectivity index (χ1v) is 47.5. The quantitative estimate of drug-likeness (QED) is 0.0261. The molecule has 762 valence electrons. The van der Waals surface area contributed by atoms with Gasteiger partial charge in [-0.05, 0) is 133 Å². The summed E-state index contributed by atoms with van der Waals surface area (Å²) in [6.07, 6.45) is -5.13. The Bertz CT molecular complexity index is 5630. The summed E-state index contributed by atoms with van der Waals surface area (Å²) in [6, 6.07) is 38.7. The van der Waals surface area contributed by atoms with E-state index in [2.05, 4.69) is 111 Å². The summed E-state index contributed by atoms with van der Waals surface area (Å²) < 4.78 is 140. The number of halogens is 6. The minimum absolute atomic E-state index is 0.00203. The molecule has 39 nitrogen and oxygen atoms in total. The molecule has 9 aliphatic heterocycles. The Morgan fingerprint density at radius 3 is 0.882 bits per heavy atom. The molecule has 6 aromatic heterocycles. The molecule has 0 spiro atoms. The molecule has 0 radical (unpaired) electrons. The number of amides is 3. The molecular formula is C99H114F6N24O15. The first-order valence-electron chi connectivity index (χ1n) is 47.5. The van der Waals surface area contributed by atoms with Gasteiger partial charge in [-0.15, -0.1) is 0 Å². The number of piperazine rings is 3. The Kier molecular flexibility index (Phi) is 32.1. The molecule has 144 heavy (non-hydrogen) atoms. The maximum atomic E-state index is 14.9. The molecule has 9 aliphatic rings. The molecule has 18 rings (SSSR count). The molecule has 3 amide bonds. The maximum absolute atomic E-state index is 14.9. The Morgan fingerprint density at radius 2 is 0.660 bits per heavy atom. The number of nitrogens with zero attached hydrogens (tertiary/aromatic N) is 21. The molecule has 9 aromatic rings. The van der Waals surface area contributed by atoms with E-state index in [0.717, 1.165) is 130 Å². The second-order valence-corrected chi connectivity index (χ2v) is 36.8. The zero-order valence-electron chi connectivity index (χ0n) is 80.9. The second kappa shape index (κ2) is 44.9. The van der Waals surface area contributed by atoms with Crippen LogP contribution in [0.1, 0.15) is 77.5 Å². The van der Waals surface area contributed by atoms with Crippen LogP contribution in [0.15, 0.2) is 128 Å². The van der Waals surface area contributed by atoms with Crippen LogP contribution in [0.2, 0.25) is 0 Å². The third-order valence-electron chi connectivity index (χ3n) is 26.8. The minimum atomic E-state index is -3.38. The van der Waals surface area contributed by atoms with Crippen LogP contribution in [-0.2, 0) is 28.6 Å². The van der Waals surface area contributed by atoms with E-state index in [9.17, 15) is 71.8 Å². The molecule has 45 heteroatoms. The molecule has 1 unspecified atom stereocenters. The number of pyridine rings is 3. The highest BCUT2D eigenvalue weighted by Crippen LogP contribution is 2.43. The fourth-order valence-corrected chi connectivity index (χ4v) is 18.7. The molecule has 15 heterocycles. The number of piperidine rings is 3. The number of methoxy groups -OCH3 is 3. The number of benzene rings is 3. The number of rotatable bonds is 27. The van der Waals surface area contributed by atoms with Crippen LogP contribution < -0.4 is 59.1 Å². The first-order chi connectivity index (χ1) is 69.2. The third kappa shape index (κ3) is 23.7. The molecule has 9 fully saturated rings. The number of nitriles is 3. The van der Waals surface area contributed by atoms with Crippen LogP contribution in [0.5, 0.6) is 34.9 Å². The summed E-state index contributed by atoms with van der Waals surface area (Å²) in [5.74, 6) is -8.08. The lowest BCUT2D eigenvalue weighted by Crippen LogP contribution is -2.59. The van der Waals surface area contributed by atoms with Crippen molar-refractivity contribution >= 4 is 69.7 Å². The number of aliphatic hydroxyl groups is 3. The zero-order chi connectivity index (χ0) is 102. The molecule has 6 N–H and O–H groups in total. The van der Waals surface area contributed by atoms with E-state index in [-0.39, 0.29) is 91.0 Å². The third-order valence-corrected chi connectivity index (χ3v) is 26.8. The van der Waals surface area contributed by atoms with Crippen LogP contribution in [0.3, 0.4) is 0 Å². The Morgan fingerprint density at radius 1 is 0.389 bits per heavy atom. The topological polar surface area (TPSA) is 448 Å². The van der Waals surface area contributed by atoms with Crippen molar-refractivity contribution in [2.45, 2.75) is 151 Å². The van der Waals surface area contributed by atoms with E-state index in [1.54, 1.807) is 57.7 Å². The summed E-state index contributed by atoms with van der Waals surface area (Å²) in [4.78, 5) is 93.2. The van der Waals surface area contributed by atoms with Gasteiger partial charge < -0.3 is 103 Å².